The van der Waals surface area contributed by atoms with Crippen molar-refractivity contribution in [2.75, 3.05) is 31.0 Å². The van der Waals surface area contributed by atoms with Crippen LogP contribution in [-0.2, 0) is 17.8 Å². The molecule has 0 fully saturated rings. The van der Waals surface area contributed by atoms with Crippen molar-refractivity contribution in [3.63, 3.8) is 0 Å². The molecule has 42 heavy (non-hydrogen) atoms. The van der Waals surface area contributed by atoms with Gasteiger partial charge in [0.1, 0.15) is 18.4 Å². The molecule has 218 valence electrons. The number of hydrogen-bond acceptors (Lipinski definition) is 8. The number of benzene rings is 3. The molecule has 0 radical (unpaired) electrons. The zero-order chi connectivity index (χ0) is 29.5. The number of aromatic nitrogens is 3. The molecule has 0 spiro atoms. The number of nitrogens with one attached hydrogen (secondary N) is 2. The van der Waals surface area contributed by atoms with Crippen LogP contribution in [0.2, 0.25) is 0 Å². The van der Waals surface area contributed by atoms with E-state index in [1.807, 2.05) is 62.4 Å². The maximum Gasteiger partial charge on any atom is 0.255 e. The first-order valence-corrected chi connectivity index (χ1v) is 13.9. The Morgan fingerprint density at radius 2 is 1.83 bits per heavy atom. The molecule has 3 aromatic carbocycles. The van der Waals surface area contributed by atoms with Crippen molar-refractivity contribution in [2.45, 2.75) is 39.3 Å². The number of aliphatic hydroxyl groups excluding tert-OH is 1. The normalized spacial score (nSPS) is 14.1. The van der Waals surface area contributed by atoms with Crippen LogP contribution >= 0.6 is 0 Å². The summed E-state index contributed by atoms with van der Waals surface area (Å²) in [5.41, 5.74) is 3.60. The van der Waals surface area contributed by atoms with E-state index in [1.165, 1.54) is 0 Å². The fourth-order valence-electron chi connectivity index (χ4n) is 4.83. The van der Waals surface area contributed by atoms with Gasteiger partial charge >= 0.3 is 0 Å². The van der Waals surface area contributed by atoms with Gasteiger partial charge in [-0.3, -0.25) is 4.79 Å². The zero-order valence-electron chi connectivity index (χ0n) is 24.0. The van der Waals surface area contributed by atoms with E-state index in [2.05, 4.69) is 15.6 Å². The molecule has 1 amide bonds. The molecule has 1 aliphatic heterocycles. The average Bonchev–Trinajstić information content (AvgIpc) is 3.42. The number of amides is 1. The molecule has 1 aromatic heterocycles. The summed E-state index contributed by atoms with van der Waals surface area (Å²) in [6.45, 7) is 4.64. The minimum absolute atomic E-state index is 0.0374. The first-order chi connectivity index (χ1) is 20.5. The van der Waals surface area contributed by atoms with Gasteiger partial charge in [0.25, 0.3) is 5.91 Å². The lowest BCUT2D eigenvalue weighted by atomic mass is 9.94. The maximum atomic E-state index is 13.9. The second kappa shape index (κ2) is 13.2. The lowest BCUT2D eigenvalue weighted by Crippen LogP contribution is -2.31. The summed E-state index contributed by atoms with van der Waals surface area (Å²) in [5.74, 6) is 2.68. The third-order valence-electron chi connectivity index (χ3n) is 6.87. The molecule has 10 nitrogen and oxygen atoms in total. The minimum Gasteiger partial charge on any atom is -0.497 e. The molecular formula is C32H35N5O5. The summed E-state index contributed by atoms with van der Waals surface area (Å²) in [6, 6.07) is 22.2. The van der Waals surface area contributed by atoms with Crippen molar-refractivity contribution in [1.82, 2.24) is 14.8 Å². The molecule has 5 rings (SSSR count). The number of carbonyl (C=O) groups excluding carboxylic acids is 1. The highest BCUT2D eigenvalue weighted by atomic mass is 16.5. The lowest BCUT2D eigenvalue weighted by molar-refractivity contribution is -0.113. The van der Waals surface area contributed by atoms with Crippen LogP contribution in [0.25, 0.3) is 0 Å². The van der Waals surface area contributed by atoms with Crippen molar-refractivity contribution in [1.29, 1.82) is 0 Å². The molecule has 10 heteroatoms. The molecule has 1 unspecified atom stereocenters. The molecule has 0 saturated heterocycles. The Morgan fingerprint density at radius 3 is 2.55 bits per heavy atom. The SMILES string of the molecule is CCOc1cc(C2C(C(=O)Nc3ccc(OC)cc3)=C(C)Nc3nc(CCCO)nn32)ccc1OCc1ccccc1. The third-order valence-corrected chi connectivity index (χ3v) is 6.87. The fraction of sp³-hybridized carbons (Fsp3) is 0.281. The summed E-state index contributed by atoms with van der Waals surface area (Å²) in [6.07, 6.45) is 1.04. The predicted molar refractivity (Wildman–Crippen MR) is 160 cm³/mol. The molecule has 0 bridgehead atoms. The summed E-state index contributed by atoms with van der Waals surface area (Å²) in [4.78, 5) is 18.5. The quantitative estimate of drug-likeness (QED) is 0.215. The third kappa shape index (κ3) is 6.39. The van der Waals surface area contributed by atoms with Gasteiger partial charge in [-0.1, -0.05) is 36.4 Å². The van der Waals surface area contributed by atoms with Gasteiger partial charge in [0, 0.05) is 24.4 Å². The number of aryl methyl sites for hydroxylation is 1. The highest BCUT2D eigenvalue weighted by molar-refractivity contribution is 6.06. The molecule has 1 aliphatic rings. The van der Waals surface area contributed by atoms with Crippen LogP contribution in [-0.4, -0.2) is 46.1 Å². The monoisotopic (exact) mass is 569 g/mol. The van der Waals surface area contributed by atoms with Crippen molar-refractivity contribution in [3.05, 3.63) is 101 Å². The number of ether oxygens (including phenoxy) is 3. The smallest absolute Gasteiger partial charge is 0.255 e. The Morgan fingerprint density at radius 1 is 1.05 bits per heavy atom. The van der Waals surface area contributed by atoms with Gasteiger partial charge in [0.2, 0.25) is 5.95 Å². The van der Waals surface area contributed by atoms with Gasteiger partial charge < -0.3 is 30.0 Å². The summed E-state index contributed by atoms with van der Waals surface area (Å²) in [7, 11) is 1.60. The van der Waals surface area contributed by atoms with E-state index < -0.39 is 6.04 Å². The molecular weight excluding hydrogens is 534 g/mol. The van der Waals surface area contributed by atoms with Crippen LogP contribution in [0.1, 0.15) is 43.3 Å². The van der Waals surface area contributed by atoms with Crippen molar-refractivity contribution in [3.8, 4) is 17.2 Å². The summed E-state index contributed by atoms with van der Waals surface area (Å²) in [5, 5.41) is 20.3. The van der Waals surface area contributed by atoms with Crippen molar-refractivity contribution < 1.29 is 24.1 Å². The van der Waals surface area contributed by atoms with Crippen LogP contribution in [0.4, 0.5) is 11.6 Å². The standard InChI is InChI=1S/C32H35N5O5/c1-4-41-27-19-23(12-17-26(27)42-20-22-9-6-5-7-10-22)30-29(31(39)34-24-13-15-25(40-3)16-14-24)21(2)33-32-35-28(11-8-18-38)36-37(30)32/h5-7,9-10,12-17,19,30,38H,4,8,11,18,20H2,1-3H3,(H,34,39)(H,33,35,36). The van der Waals surface area contributed by atoms with Crippen molar-refractivity contribution >= 4 is 17.5 Å². The van der Waals surface area contributed by atoms with E-state index in [1.54, 1.807) is 36.1 Å². The van der Waals surface area contributed by atoms with Gasteiger partial charge in [-0.25, -0.2) is 4.68 Å². The van der Waals surface area contributed by atoms with Crippen LogP contribution in [0.5, 0.6) is 17.2 Å². The second-order valence-electron chi connectivity index (χ2n) is 9.79. The molecule has 1 atom stereocenters. The Kier molecular flexibility index (Phi) is 9.03. The Bertz CT molecular complexity index is 1550. The van der Waals surface area contributed by atoms with E-state index in [-0.39, 0.29) is 12.5 Å². The number of aliphatic hydroxyl groups is 1. The van der Waals surface area contributed by atoms with Gasteiger partial charge in [0.05, 0.1) is 19.3 Å². The van der Waals surface area contributed by atoms with E-state index in [9.17, 15) is 9.90 Å². The number of carbonyl (C=O) groups is 1. The van der Waals surface area contributed by atoms with Crippen molar-refractivity contribution in [2.24, 2.45) is 0 Å². The maximum absolute atomic E-state index is 13.9. The number of fused-ring (bicyclic) bond motifs is 1. The number of hydrogen-bond donors (Lipinski definition) is 3. The second-order valence-corrected chi connectivity index (χ2v) is 9.79. The fourth-order valence-corrected chi connectivity index (χ4v) is 4.83. The highest BCUT2D eigenvalue weighted by Gasteiger charge is 2.35. The molecule has 2 heterocycles. The van der Waals surface area contributed by atoms with E-state index in [0.717, 1.165) is 11.1 Å². The first kappa shape index (κ1) is 28.7. The average molecular weight is 570 g/mol. The van der Waals surface area contributed by atoms with Gasteiger partial charge in [0.15, 0.2) is 17.3 Å². The van der Waals surface area contributed by atoms with Gasteiger partial charge in [-0.15, -0.1) is 0 Å². The first-order valence-electron chi connectivity index (χ1n) is 13.9. The number of rotatable bonds is 12. The van der Waals surface area contributed by atoms with Crippen LogP contribution in [0.3, 0.4) is 0 Å². The van der Waals surface area contributed by atoms with Crippen LogP contribution in [0.15, 0.2) is 84.1 Å². The molecule has 0 saturated carbocycles. The Balaban J connectivity index is 1.52. The van der Waals surface area contributed by atoms with Gasteiger partial charge in [-0.05, 0) is 67.8 Å². The number of allylic oxidation sites excluding steroid dienone is 1. The van der Waals surface area contributed by atoms with Crippen LogP contribution in [0, 0.1) is 0 Å². The van der Waals surface area contributed by atoms with Crippen LogP contribution < -0.4 is 24.8 Å². The lowest BCUT2D eigenvalue weighted by Gasteiger charge is -2.29. The molecule has 4 aromatic rings. The van der Waals surface area contributed by atoms with E-state index in [0.29, 0.717) is 72.0 Å². The topological polar surface area (TPSA) is 120 Å². The summed E-state index contributed by atoms with van der Waals surface area (Å²) >= 11 is 0. The number of nitrogens with zero attached hydrogens (tertiary/aromatic N) is 3. The molecule has 0 aliphatic carbocycles. The number of anilines is 2. The van der Waals surface area contributed by atoms with Gasteiger partial charge in [-0.2, -0.15) is 10.1 Å². The largest absolute Gasteiger partial charge is 0.497 e. The van der Waals surface area contributed by atoms with E-state index >= 15 is 0 Å². The van der Waals surface area contributed by atoms with E-state index in [4.69, 9.17) is 19.3 Å². The summed E-state index contributed by atoms with van der Waals surface area (Å²) < 4.78 is 19.1. The number of methoxy groups -OCH3 is 1. The Hall–Kier alpha value is -4.83. The highest BCUT2D eigenvalue weighted by Crippen LogP contribution is 2.39. The predicted octanol–water partition coefficient (Wildman–Crippen LogP) is 5.12. The molecule has 3 N–H and O–H groups in total. The minimum atomic E-state index is -0.600. The zero-order valence-corrected chi connectivity index (χ0v) is 24.0. The Labute approximate surface area is 245 Å².